The third kappa shape index (κ3) is 4.94. The lowest BCUT2D eigenvalue weighted by atomic mass is 10.0. The standard InChI is InChI=1S/C24H24N8O2S/c1-13(2)21-7-14(11-35-21)10-25-23(33)19-9-20(27-12-26-19)24(34)28-18-6-4-15-8-16(3-5-17(15)18)22-29-31-32-30-22/h3,5,7-9,11-13,18H,4,6,10H2,1-2H3,(H,25,33)(H,28,34)(H,29,30,31,32)/t18-/m1/s1. The highest BCUT2D eigenvalue weighted by Gasteiger charge is 2.26. The van der Waals surface area contributed by atoms with E-state index in [2.05, 4.69) is 61.1 Å². The first kappa shape index (κ1) is 22.8. The molecule has 5 rings (SSSR count). The van der Waals surface area contributed by atoms with Gasteiger partial charge in [-0.3, -0.25) is 9.59 Å². The zero-order valence-electron chi connectivity index (χ0n) is 19.3. The number of carbonyl (C=O) groups is 2. The average Bonchev–Trinajstić information content (AvgIpc) is 3.64. The first-order valence-corrected chi connectivity index (χ1v) is 12.2. The number of carbonyl (C=O) groups excluding carboxylic acids is 2. The monoisotopic (exact) mass is 488 g/mol. The molecule has 178 valence electrons. The Balaban J connectivity index is 1.23. The number of aromatic nitrogens is 6. The van der Waals surface area contributed by atoms with Gasteiger partial charge in [0.15, 0.2) is 0 Å². The number of hydrogen-bond donors (Lipinski definition) is 3. The normalized spacial score (nSPS) is 14.7. The quantitative estimate of drug-likeness (QED) is 0.363. The molecule has 0 radical (unpaired) electrons. The van der Waals surface area contributed by atoms with Crippen LogP contribution in [-0.4, -0.2) is 42.4 Å². The number of aryl methyl sites for hydroxylation is 1. The minimum atomic E-state index is -0.348. The summed E-state index contributed by atoms with van der Waals surface area (Å²) in [5, 5.41) is 22.0. The number of benzene rings is 1. The van der Waals surface area contributed by atoms with Crippen molar-refractivity contribution in [1.82, 2.24) is 41.2 Å². The number of thiophene rings is 1. The molecule has 11 heteroatoms. The van der Waals surface area contributed by atoms with Crippen molar-refractivity contribution in [3.8, 4) is 11.4 Å². The minimum absolute atomic E-state index is 0.141. The molecule has 0 spiro atoms. The van der Waals surface area contributed by atoms with Crippen LogP contribution in [0.2, 0.25) is 0 Å². The van der Waals surface area contributed by atoms with Gasteiger partial charge < -0.3 is 10.6 Å². The average molecular weight is 489 g/mol. The van der Waals surface area contributed by atoms with Gasteiger partial charge in [0.1, 0.15) is 17.7 Å². The van der Waals surface area contributed by atoms with E-state index in [0.29, 0.717) is 18.3 Å². The molecule has 1 aromatic carbocycles. The van der Waals surface area contributed by atoms with Crippen LogP contribution >= 0.6 is 11.3 Å². The lowest BCUT2D eigenvalue weighted by Gasteiger charge is -2.14. The second-order valence-corrected chi connectivity index (χ2v) is 9.64. The van der Waals surface area contributed by atoms with Gasteiger partial charge in [-0.25, -0.2) is 9.97 Å². The number of nitrogens with zero attached hydrogens (tertiary/aromatic N) is 5. The van der Waals surface area contributed by atoms with Crippen LogP contribution in [0.3, 0.4) is 0 Å². The van der Waals surface area contributed by atoms with Gasteiger partial charge in [0.2, 0.25) is 5.82 Å². The molecule has 0 unspecified atom stereocenters. The van der Waals surface area contributed by atoms with Gasteiger partial charge in [-0.1, -0.05) is 26.0 Å². The van der Waals surface area contributed by atoms with Crippen LogP contribution in [0.4, 0.5) is 0 Å². The van der Waals surface area contributed by atoms with Gasteiger partial charge in [-0.2, -0.15) is 5.21 Å². The molecular weight excluding hydrogens is 464 g/mol. The van der Waals surface area contributed by atoms with Crippen molar-refractivity contribution in [2.45, 2.75) is 45.2 Å². The van der Waals surface area contributed by atoms with Gasteiger partial charge in [0.25, 0.3) is 11.8 Å². The summed E-state index contributed by atoms with van der Waals surface area (Å²) in [6, 6.07) is 9.30. The van der Waals surface area contributed by atoms with E-state index in [1.165, 1.54) is 17.3 Å². The molecule has 3 N–H and O–H groups in total. The number of amides is 2. The van der Waals surface area contributed by atoms with Gasteiger partial charge in [-0.15, -0.1) is 21.5 Å². The molecule has 10 nitrogen and oxygen atoms in total. The second kappa shape index (κ2) is 9.71. The third-order valence-electron chi connectivity index (χ3n) is 5.96. The molecule has 0 fully saturated rings. The summed E-state index contributed by atoms with van der Waals surface area (Å²) < 4.78 is 0. The first-order valence-electron chi connectivity index (χ1n) is 11.3. The van der Waals surface area contributed by atoms with E-state index in [4.69, 9.17) is 0 Å². The number of aromatic amines is 1. The van der Waals surface area contributed by atoms with Crippen LogP contribution in [0.15, 0.2) is 42.0 Å². The smallest absolute Gasteiger partial charge is 0.270 e. The molecule has 0 saturated carbocycles. The Morgan fingerprint density at radius 2 is 1.97 bits per heavy atom. The van der Waals surface area contributed by atoms with Gasteiger partial charge >= 0.3 is 0 Å². The summed E-state index contributed by atoms with van der Waals surface area (Å²) in [5.74, 6) is 0.290. The minimum Gasteiger partial charge on any atom is -0.347 e. The summed E-state index contributed by atoms with van der Waals surface area (Å²) in [4.78, 5) is 34.9. The number of tetrazole rings is 1. The largest absolute Gasteiger partial charge is 0.347 e. The molecule has 1 aliphatic rings. The lowest BCUT2D eigenvalue weighted by Crippen LogP contribution is -2.29. The summed E-state index contributed by atoms with van der Waals surface area (Å²) >= 11 is 1.68. The fraction of sp³-hybridized carbons (Fsp3) is 0.292. The zero-order chi connectivity index (χ0) is 24.4. The van der Waals surface area contributed by atoms with Crippen molar-refractivity contribution in [2.75, 3.05) is 0 Å². The first-order chi connectivity index (χ1) is 17.0. The molecule has 4 aromatic rings. The maximum atomic E-state index is 12.9. The molecular formula is C24H24N8O2S. The molecule has 0 bridgehead atoms. The maximum Gasteiger partial charge on any atom is 0.270 e. The lowest BCUT2D eigenvalue weighted by molar-refractivity contribution is 0.0931. The summed E-state index contributed by atoms with van der Waals surface area (Å²) in [6.07, 6.45) is 2.84. The molecule has 3 heterocycles. The second-order valence-electron chi connectivity index (χ2n) is 8.70. The van der Waals surface area contributed by atoms with Crippen LogP contribution in [0.25, 0.3) is 11.4 Å². The predicted molar refractivity (Wildman–Crippen MR) is 130 cm³/mol. The van der Waals surface area contributed by atoms with Crippen molar-refractivity contribution < 1.29 is 9.59 Å². The van der Waals surface area contributed by atoms with Crippen molar-refractivity contribution in [1.29, 1.82) is 0 Å². The van der Waals surface area contributed by atoms with E-state index in [9.17, 15) is 9.59 Å². The van der Waals surface area contributed by atoms with Crippen LogP contribution in [0, 0.1) is 0 Å². The molecule has 1 atom stereocenters. The van der Waals surface area contributed by atoms with E-state index in [0.717, 1.165) is 35.1 Å². The van der Waals surface area contributed by atoms with Crippen molar-refractivity contribution in [3.05, 3.63) is 75.0 Å². The predicted octanol–water partition coefficient (Wildman–Crippen LogP) is 3.19. The number of rotatable bonds is 7. The van der Waals surface area contributed by atoms with Crippen LogP contribution in [0.5, 0.6) is 0 Å². The topological polar surface area (TPSA) is 138 Å². The van der Waals surface area contributed by atoms with Gasteiger partial charge in [0.05, 0.1) is 6.04 Å². The summed E-state index contributed by atoms with van der Waals surface area (Å²) in [6.45, 7) is 4.68. The van der Waals surface area contributed by atoms with Crippen molar-refractivity contribution in [3.63, 3.8) is 0 Å². The number of hydrogen-bond acceptors (Lipinski definition) is 8. The third-order valence-corrected chi connectivity index (χ3v) is 7.24. The molecule has 0 saturated heterocycles. The van der Waals surface area contributed by atoms with Crippen molar-refractivity contribution >= 4 is 23.2 Å². The molecule has 3 aromatic heterocycles. The maximum absolute atomic E-state index is 12.9. The van der Waals surface area contributed by atoms with Crippen molar-refractivity contribution in [2.24, 2.45) is 0 Å². The highest BCUT2D eigenvalue weighted by molar-refractivity contribution is 7.10. The Bertz CT molecular complexity index is 1370. The van der Waals surface area contributed by atoms with E-state index in [-0.39, 0.29) is 29.2 Å². The molecule has 2 amide bonds. The number of nitrogens with one attached hydrogen (secondary N) is 3. The van der Waals surface area contributed by atoms with Crippen LogP contribution < -0.4 is 10.6 Å². The van der Waals surface area contributed by atoms with Gasteiger partial charge in [0, 0.05) is 23.1 Å². The number of H-pyrrole nitrogens is 1. The Morgan fingerprint density at radius 3 is 2.71 bits per heavy atom. The fourth-order valence-corrected chi connectivity index (χ4v) is 5.02. The van der Waals surface area contributed by atoms with E-state index in [1.807, 2.05) is 23.6 Å². The Morgan fingerprint density at radius 1 is 1.14 bits per heavy atom. The molecule has 0 aliphatic heterocycles. The van der Waals surface area contributed by atoms with Crippen LogP contribution in [0.1, 0.15) is 74.8 Å². The Kier molecular flexibility index (Phi) is 6.32. The fourth-order valence-electron chi connectivity index (χ4n) is 4.09. The summed E-state index contributed by atoms with van der Waals surface area (Å²) in [5.41, 5.74) is 4.41. The van der Waals surface area contributed by atoms with E-state index in [1.54, 1.807) is 11.3 Å². The van der Waals surface area contributed by atoms with Gasteiger partial charge in [-0.05, 0) is 58.2 Å². The SMILES string of the molecule is CC(C)c1cc(CNC(=O)c2cc(C(=O)N[C@@H]3CCc4cc(-c5nn[nH]n5)ccc43)ncn2)cs1. The Labute approximate surface area is 205 Å². The van der Waals surface area contributed by atoms with E-state index < -0.39 is 0 Å². The zero-order valence-corrected chi connectivity index (χ0v) is 20.1. The summed E-state index contributed by atoms with van der Waals surface area (Å²) in [7, 11) is 0. The molecule has 1 aliphatic carbocycles. The number of fused-ring (bicyclic) bond motifs is 1. The highest BCUT2D eigenvalue weighted by atomic mass is 32.1. The Hall–Kier alpha value is -3.99. The molecule has 35 heavy (non-hydrogen) atoms. The van der Waals surface area contributed by atoms with E-state index >= 15 is 0 Å². The highest BCUT2D eigenvalue weighted by Crippen LogP contribution is 2.33. The van der Waals surface area contributed by atoms with Crippen LogP contribution in [-0.2, 0) is 13.0 Å².